The number of thiophene rings is 1. The van der Waals surface area contributed by atoms with Crippen molar-refractivity contribution in [2.75, 3.05) is 13.1 Å². The summed E-state index contributed by atoms with van der Waals surface area (Å²) in [5.41, 5.74) is 0. The Morgan fingerprint density at radius 2 is 1.96 bits per heavy atom. The number of carboxylic acids is 1. The smallest absolute Gasteiger partial charge is 0.325 e. The Morgan fingerprint density at radius 1 is 1.35 bits per heavy atom. The van der Waals surface area contributed by atoms with Crippen LogP contribution < -0.4 is 5.32 Å². The Balaban J connectivity index is 2.12. The van der Waals surface area contributed by atoms with Crippen molar-refractivity contribution >= 4 is 33.2 Å². The predicted molar refractivity (Wildman–Crippen MR) is 86.0 cm³/mol. The van der Waals surface area contributed by atoms with Crippen LogP contribution in [-0.4, -0.2) is 48.8 Å². The van der Waals surface area contributed by atoms with Crippen molar-refractivity contribution < 1.29 is 23.1 Å². The number of sulfonamides is 1. The Labute approximate surface area is 139 Å². The van der Waals surface area contributed by atoms with Crippen molar-refractivity contribution in [3.8, 4) is 0 Å². The van der Waals surface area contributed by atoms with E-state index in [4.69, 9.17) is 5.11 Å². The summed E-state index contributed by atoms with van der Waals surface area (Å²) in [6, 6.07) is 1.78. The Bertz CT molecular complexity index is 690. The molecule has 1 aliphatic rings. The number of piperidine rings is 1. The summed E-state index contributed by atoms with van der Waals surface area (Å²) in [5, 5.41) is 11.1. The monoisotopic (exact) mass is 360 g/mol. The van der Waals surface area contributed by atoms with Gasteiger partial charge in [-0.3, -0.25) is 9.59 Å². The highest BCUT2D eigenvalue weighted by atomic mass is 32.2. The third kappa shape index (κ3) is 4.10. The number of carbonyl (C=O) groups excluding carboxylic acids is 1. The van der Waals surface area contributed by atoms with E-state index < -0.39 is 27.9 Å². The van der Waals surface area contributed by atoms with Crippen LogP contribution in [-0.2, 0) is 14.8 Å². The predicted octanol–water partition coefficient (Wildman–Crippen LogP) is 1.37. The molecule has 7 nitrogen and oxygen atoms in total. The van der Waals surface area contributed by atoms with Gasteiger partial charge >= 0.3 is 5.97 Å². The minimum atomic E-state index is -3.59. The Kier molecular flexibility index (Phi) is 5.43. The highest BCUT2D eigenvalue weighted by Gasteiger charge is 2.30. The molecule has 1 aromatic heterocycles. The maximum atomic E-state index is 12.6. The summed E-state index contributed by atoms with van der Waals surface area (Å²) in [6.07, 6.45) is 1.65. The molecule has 0 aromatic carbocycles. The lowest BCUT2D eigenvalue weighted by Crippen LogP contribution is -2.38. The molecule has 1 unspecified atom stereocenters. The molecule has 128 valence electrons. The van der Waals surface area contributed by atoms with Gasteiger partial charge in [0.1, 0.15) is 10.3 Å². The topological polar surface area (TPSA) is 104 Å². The summed E-state index contributed by atoms with van der Waals surface area (Å²) in [7, 11) is -3.59. The maximum absolute atomic E-state index is 12.6. The van der Waals surface area contributed by atoms with Gasteiger partial charge in [0.05, 0.1) is 4.88 Å². The lowest BCUT2D eigenvalue weighted by Gasteiger charge is -2.28. The quantitative estimate of drug-likeness (QED) is 0.825. The van der Waals surface area contributed by atoms with E-state index in [1.807, 2.05) is 0 Å². The fraction of sp³-hybridized carbons (Fsp3) is 0.571. The van der Waals surface area contributed by atoms with Crippen molar-refractivity contribution in [3.05, 3.63) is 17.0 Å². The molecule has 1 saturated heterocycles. The summed E-state index contributed by atoms with van der Waals surface area (Å²) in [4.78, 5) is 22.9. The highest BCUT2D eigenvalue weighted by Crippen LogP contribution is 2.28. The number of hydrogen-bond acceptors (Lipinski definition) is 5. The van der Waals surface area contributed by atoms with Gasteiger partial charge in [0.25, 0.3) is 15.9 Å². The SMILES string of the molecule is CC1CCN(S(=O)(=O)c2ccc(C(=O)NC(C)C(=O)O)s2)CC1. The van der Waals surface area contributed by atoms with Crippen LogP contribution in [0.3, 0.4) is 0 Å². The van der Waals surface area contributed by atoms with Crippen LogP contribution in [0.15, 0.2) is 16.3 Å². The van der Waals surface area contributed by atoms with Gasteiger partial charge in [-0.15, -0.1) is 11.3 Å². The molecule has 2 heterocycles. The molecule has 0 spiro atoms. The van der Waals surface area contributed by atoms with Crippen LogP contribution >= 0.6 is 11.3 Å². The number of rotatable bonds is 5. The number of aliphatic carboxylic acids is 1. The van der Waals surface area contributed by atoms with E-state index in [0.717, 1.165) is 24.2 Å². The molecule has 1 aromatic rings. The Hall–Kier alpha value is -1.45. The van der Waals surface area contributed by atoms with Crippen molar-refractivity contribution in [3.63, 3.8) is 0 Å². The van der Waals surface area contributed by atoms with E-state index in [1.165, 1.54) is 23.4 Å². The van der Waals surface area contributed by atoms with E-state index in [1.54, 1.807) is 0 Å². The first-order valence-corrected chi connectivity index (χ1v) is 9.61. The number of carboxylic acid groups (broad SMARTS) is 1. The minimum absolute atomic E-state index is 0.111. The molecule has 1 aliphatic heterocycles. The summed E-state index contributed by atoms with van der Waals surface area (Å²) in [5.74, 6) is -1.22. The van der Waals surface area contributed by atoms with Crippen molar-refractivity contribution in [2.24, 2.45) is 5.92 Å². The normalized spacial score (nSPS) is 18.5. The highest BCUT2D eigenvalue weighted by molar-refractivity contribution is 7.91. The second kappa shape index (κ2) is 6.98. The van der Waals surface area contributed by atoms with Gasteiger partial charge in [-0.1, -0.05) is 6.92 Å². The van der Waals surface area contributed by atoms with E-state index in [0.29, 0.717) is 19.0 Å². The van der Waals surface area contributed by atoms with E-state index in [2.05, 4.69) is 12.2 Å². The largest absolute Gasteiger partial charge is 0.480 e. The second-order valence-corrected chi connectivity index (χ2v) is 8.99. The second-order valence-electron chi connectivity index (χ2n) is 5.74. The zero-order valence-electron chi connectivity index (χ0n) is 13.0. The molecular formula is C14H20N2O5S2. The number of carbonyl (C=O) groups is 2. The van der Waals surface area contributed by atoms with Crippen molar-refractivity contribution in [2.45, 2.75) is 36.9 Å². The first-order valence-electron chi connectivity index (χ1n) is 7.35. The van der Waals surface area contributed by atoms with Crippen LogP contribution in [0, 0.1) is 5.92 Å². The first kappa shape index (κ1) is 17.9. The average molecular weight is 360 g/mol. The zero-order valence-corrected chi connectivity index (χ0v) is 14.6. The fourth-order valence-electron chi connectivity index (χ4n) is 2.26. The van der Waals surface area contributed by atoms with Gasteiger partial charge in [0.2, 0.25) is 0 Å². The van der Waals surface area contributed by atoms with Gasteiger partial charge in [-0.2, -0.15) is 4.31 Å². The summed E-state index contributed by atoms with van der Waals surface area (Å²) in [6.45, 7) is 4.42. The molecular weight excluding hydrogens is 340 g/mol. The van der Waals surface area contributed by atoms with Gasteiger partial charge in [-0.25, -0.2) is 8.42 Å². The Morgan fingerprint density at radius 3 is 2.52 bits per heavy atom. The molecule has 2 rings (SSSR count). The third-order valence-electron chi connectivity index (χ3n) is 3.86. The lowest BCUT2D eigenvalue weighted by atomic mass is 10.0. The van der Waals surface area contributed by atoms with E-state index >= 15 is 0 Å². The number of nitrogens with one attached hydrogen (secondary N) is 1. The third-order valence-corrected chi connectivity index (χ3v) is 7.31. The van der Waals surface area contributed by atoms with Crippen LogP contribution in [0.5, 0.6) is 0 Å². The zero-order chi connectivity index (χ0) is 17.2. The summed E-state index contributed by atoms with van der Waals surface area (Å²) < 4.78 is 26.7. The van der Waals surface area contributed by atoms with Gasteiger partial charge in [0, 0.05) is 13.1 Å². The van der Waals surface area contributed by atoms with Crippen LogP contribution in [0.1, 0.15) is 36.4 Å². The molecule has 0 radical (unpaired) electrons. The molecule has 23 heavy (non-hydrogen) atoms. The van der Waals surface area contributed by atoms with Crippen molar-refractivity contribution in [1.82, 2.24) is 9.62 Å². The molecule has 1 amide bonds. The molecule has 2 N–H and O–H groups in total. The molecule has 0 bridgehead atoms. The number of hydrogen-bond donors (Lipinski definition) is 2. The lowest BCUT2D eigenvalue weighted by molar-refractivity contribution is -0.138. The van der Waals surface area contributed by atoms with Crippen LogP contribution in [0.4, 0.5) is 0 Å². The number of amides is 1. The average Bonchev–Trinajstić information content (AvgIpc) is 2.98. The first-order chi connectivity index (χ1) is 10.7. The van der Waals surface area contributed by atoms with Crippen LogP contribution in [0.2, 0.25) is 0 Å². The van der Waals surface area contributed by atoms with E-state index in [9.17, 15) is 18.0 Å². The van der Waals surface area contributed by atoms with Gasteiger partial charge < -0.3 is 10.4 Å². The van der Waals surface area contributed by atoms with Gasteiger partial charge in [0.15, 0.2) is 0 Å². The minimum Gasteiger partial charge on any atom is -0.480 e. The molecule has 0 saturated carbocycles. The number of nitrogens with zero attached hydrogens (tertiary/aromatic N) is 1. The molecule has 9 heteroatoms. The molecule has 1 fully saturated rings. The summed E-state index contributed by atoms with van der Waals surface area (Å²) >= 11 is 0.861. The standard InChI is InChI=1S/C14H20N2O5S2/c1-9-5-7-16(8-6-9)23(20,21)12-4-3-11(22-12)13(17)15-10(2)14(18)19/h3-4,9-10H,5-8H2,1-2H3,(H,15,17)(H,18,19). The molecule has 1 atom stereocenters. The van der Waals surface area contributed by atoms with E-state index in [-0.39, 0.29) is 9.09 Å². The fourth-order valence-corrected chi connectivity index (χ4v) is 5.10. The molecule has 0 aliphatic carbocycles. The van der Waals surface area contributed by atoms with Gasteiger partial charge in [-0.05, 0) is 37.8 Å². The maximum Gasteiger partial charge on any atom is 0.325 e. The van der Waals surface area contributed by atoms with Crippen molar-refractivity contribution in [1.29, 1.82) is 0 Å². The van der Waals surface area contributed by atoms with Crippen LogP contribution in [0.25, 0.3) is 0 Å².